The predicted octanol–water partition coefficient (Wildman–Crippen LogP) is 5.49. The van der Waals surface area contributed by atoms with Gasteiger partial charge in [0.1, 0.15) is 0 Å². The quantitative estimate of drug-likeness (QED) is 0.700. The van der Waals surface area contributed by atoms with Gasteiger partial charge in [0.25, 0.3) is 0 Å². The van der Waals surface area contributed by atoms with E-state index >= 15 is 0 Å². The molecule has 5 rings (SSSR count). The van der Waals surface area contributed by atoms with Crippen LogP contribution >= 0.6 is 0 Å². The van der Waals surface area contributed by atoms with Crippen LogP contribution in [0, 0.1) is 34.5 Å². The molecule has 0 spiro atoms. The molecule has 1 aromatic carbocycles. The molecular formula is C27H38N2O2. The van der Waals surface area contributed by atoms with E-state index in [1.54, 1.807) is 0 Å². The zero-order valence-electron chi connectivity index (χ0n) is 19.4. The number of para-hydroxylation sites is 1. The van der Waals surface area contributed by atoms with Gasteiger partial charge in [-0.1, -0.05) is 32.0 Å². The molecule has 4 aliphatic rings. The number of piperidine rings is 1. The molecule has 3 aliphatic carbocycles. The molecule has 0 radical (unpaired) electrons. The summed E-state index contributed by atoms with van der Waals surface area (Å²) >= 11 is 0. The largest absolute Gasteiger partial charge is 0.339 e. The van der Waals surface area contributed by atoms with Gasteiger partial charge in [-0.3, -0.25) is 9.59 Å². The van der Waals surface area contributed by atoms with Crippen molar-refractivity contribution >= 4 is 17.5 Å². The summed E-state index contributed by atoms with van der Waals surface area (Å²) in [4.78, 5) is 28.0. The lowest BCUT2D eigenvalue weighted by atomic mass is 9.47. The van der Waals surface area contributed by atoms with E-state index in [1.807, 2.05) is 30.3 Å². The Morgan fingerprint density at radius 3 is 2.48 bits per heavy atom. The number of hydrogen-bond donors (Lipinski definition) is 1. The van der Waals surface area contributed by atoms with Gasteiger partial charge in [-0.15, -0.1) is 0 Å². The first-order valence-corrected chi connectivity index (χ1v) is 12.5. The molecule has 1 saturated heterocycles. The van der Waals surface area contributed by atoms with Gasteiger partial charge in [0, 0.05) is 30.6 Å². The van der Waals surface area contributed by atoms with Crippen LogP contribution in [0.15, 0.2) is 30.3 Å². The fraction of sp³-hybridized carbons (Fsp3) is 0.704. The standard InChI is InChI=1S/C27H38N2O2/c1-4-29-23-13-10-19-20-11-12-22(25(31)28-18-8-6-5-7-9-18)26(20,2)16-14-21(19)27(23,3)17-15-24(29)30/h5-9,19-23H,4,10-17H2,1-3H3,(H,28,31)/t19-,20-,21+,22?,23?,26-,27+/m0/s1. The molecule has 2 amide bonds. The molecule has 1 aliphatic heterocycles. The molecule has 1 heterocycles. The summed E-state index contributed by atoms with van der Waals surface area (Å²) in [5.74, 6) is 2.74. The molecule has 0 aromatic heterocycles. The third-order valence-electron chi connectivity index (χ3n) is 10.1. The fourth-order valence-electron chi connectivity index (χ4n) is 8.57. The van der Waals surface area contributed by atoms with Gasteiger partial charge >= 0.3 is 0 Å². The summed E-state index contributed by atoms with van der Waals surface area (Å²) in [7, 11) is 0. The summed E-state index contributed by atoms with van der Waals surface area (Å²) in [5, 5.41) is 3.20. The number of fused-ring (bicyclic) bond motifs is 5. The minimum absolute atomic E-state index is 0.109. The highest BCUT2D eigenvalue weighted by Gasteiger charge is 2.62. The van der Waals surface area contributed by atoms with Crippen molar-refractivity contribution in [1.82, 2.24) is 4.90 Å². The van der Waals surface area contributed by atoms with Crippen LogP contribution in [-0.2, 0) is 9.59 Å². The molecule has 0 bridgehead atoms. The topological polar surface area (TPSA) is 49.4 Å². The molecule has 4 nitrogen and oxygen atoms in total. The smallest absolute Gasteiger partial charge is 0.228 e. The van der Waals surface area contributed by atoms with Gasteiger partial charge in [0.15, 0.2) is 0 Å². The second-order valence-corrected chi connectivity index (χ2v) is 11.2. The summed E-state index contributed by atoms with van der Waals surface area (Å²) in [6.45, 7) is 7.88. The van der Waals surface area contributed by atoms with Crippen molar-refractivity contribution < 1.29 is 9.59 Å². The van der Waals surface area contributed by atoms with Crippen LogP contribution in [0.5, 0.6) is 0 Å². The second kappa shape index (κ2) is 7.64. The number of nitrogens with one attached hydrogen (secondary N) is 1. The molecule has 4 heteroatoms. The minimum atomic E-state index is 0.109. The molecule has 2 unspecified atom stereocenters. The van der Waals surface area contributed by atoms with Crippen LogP contribution < -0.4 is 5.32 Å². The van der Waals surface area contributed by atoms with E-state index in [0.717, 1.165) is 37.9 Å². The van der Waals surface area contributed by atoms with E-state index < -0.39 is 0 Å². The van der Waals surface area contributed by atoms with E-state index in [1.165, 1.54) is 19.3 Å². The number of benzene rings is 1. The average molecular weight is 423 g/mol. The van der Waals surface area contributed by atoms with Crippen LogP contribution in [0.3, 0.4) is 0 Å². The van der Waals surface area contributed by atoms with Gasteiger partial charge in [0.05, 0.1) is 0 Å². The zero-order valence-corrected chi connectivity index (χ0v) is 19.4. The number of hydrogen-bond acceptors (Lipinski definition) is 2. The molecule has 4 fully saturated rings. The molecule has 1 aromatic rings. The number of anilines is 1. The zero-order chi connectivity index (χ0) is 21.8. The highest BCUT2D eigenvalue weighted by Crippen LogP contribution is 2.66. The lowest BCUT2D eigenvalue weighted by Gasteiger charge is -2.62. The third kappa shape index (κ3) is 3.15. The maximum atomic E-state index is 13.3. The first-order chi connectivity index (χ1) is 14.9. The molecule has 168 valence electrons. The Bertz CT molecular complexity index is 854. The molecule has 1 N–H and O–H groups in total. The SMILES string of the molecule is CCN1C(=O)CC[C@@]2(C)C1CC[C@@H]1[C@H]2CC[C@]2(C)C(C(=O)Nc3ccccc3)CC[C@@H]12. The highest BCUT2D eigenvalue weighted by atomic mass is 16.2. The van der Waals surface area contributed by atoms with Crippen molar-refractivity contribution in [2.45, 2.75) is 78.2 Å². The van der Waals surface area contributed by atoms with Crippen molar-refractivity contribution in [3.8, 4) is 0 Å². The van der Waals surface area contributed by atoms with E-state index in [9.17, 15) is 9.59 Å². The Labute approximate surface area is 187 Å². The monoisotopic (exact) mass is 422 g/mol. The fourth-order valence-corrected chi connectivity index (χ4v) is 8.57. The number of likely N-dealkylation sites (tertiary alicyclic amines) is 1. The maximum absolute atomic E-state index is 13.3. The normalized spacial score (nSPS) is 41.8. The Hall–Kier alpha value is -1.84. The van der Waals surface area contributed by atoms with Gasteiger partial charge in [-0.25, -0.2) is 0 Å². The van der Waals surface area contributed by atoms with E-state index in [0.29, 0.717) is 36.1 Å². The van der Waals surface area contributed by atoms with Crippen molar-refractivity contribution in [2.24, 2.45) is 34.5 Å². The van der Waals surface area contributed by atoms with Crippen LogP contribution in [-0.4, -0.2) is 29.3 Å². The van der Waals surface area contributed by atoms with Crippen LogP contribution in [0.25, 0.3) is 0 Å². The number of nitrogens with zero attached hydrogens (tertiary/aromatic N) is 1. The lowest BCUT2D eigenvalue weighted by Crippen LogP contribution is -2.62. The number of rotatable bonds is 3. The maximum Gasteiger partial charge on any atom is 0.228 e. The van der Waals surface area contributed by atoms with E-state index in [2.05, 4.69) is 31.0 Å². The van der Waals surface area contributed by atoms with Crippen molar-refractivity contribution in [3.05, 3.63) is 30.3 Å². The summed E-state index contributed by atoms with van der Waals surface area (Å²) < 4.78 is 0. The van der Waals surface area contributed by atoms with Gasteiger partial charge in [0.2, 0.25) is 11.8 Å². The van der Waals surface area contributed by atoms with Gasteiger partial charge in [-0.05, 0) is 92.6 Å². The molecule has 7 atom stereocenters. The van der Waals surface area contributed by atoms with Gasteiger partial charge in [-0.2, -0.15) is 0 Å². The van der Waals surface area contributed by atoms with Crippen molar-refractivity contribution in [2.75, 3.05) is 11.9 Å². The first kappa shape index (κ1) is 21.0. The Morgan fingerprint density at radius 1 is 1.00 bits per heavy atom. The lowest BCUT2D eigenvalue weighted by molar-refractivity contribution is -0.161. The Kier molecular flexibility index (Phi) is 5.18. The Balaban J connectivity index is 1.36. The number of carbonyl (C=O) groups is 2. The number of amides is 2. The molecular weight excluding hydrogens is 384 g/mol. The highest BCUT2D eigenvalue weighted by molar-refractivity contribution is 5.93. The molecule has 3 saturated carbocycles. The average Bonchev–Trinajstić information content (AvgIpc) is 3.12. The van der Waals surface area contributed by atoms with Crippen molar-refractivity contribution in [1.29, 1.82) is 0 Å². The number of carbonyl (C=O) groups excluding carboxylic acids is 2. The molecule has 31 heavy (non-hydrogen) atoms. The third-order valence-corrected chi connectivity index (χ3v) is 10.1. The predicted molar refractivity (Wildman–Crippen MR) is 123 cm³/mol. The van der Waals surface area contributed by atoms with Crippen molar-refractivity contribution in [3.63, 3.8) is 0 Å². The second-order valence-electron chi connectivity index (χ2n) is 11.2. The van der Waals surface area contributed by atoms with Crippen LogP contribution in [0.2, 0.25) is 0 Å². The van der Waals surface area contributed by atoms with E-state index in [-0.39, 0.29) is 22.7 Å². The van der Waals surface area contributed by atoms with Crippen LogP contribution in [0.1, 0.15) is 72.1 Å². The van der Waals surface area contributed by atoms with Gasteiger partial charge < -0.3 is 10.2 Å². The Morgan fingerprint density at radius 2 is 1.74 bits per heavy atom. The minimum Gasteiger partial charge on any atom is -0.339 e. The summed E-state index contributed by atoms with van der Waals surface area (Å²) in [6, 6.07) is 10.3. The van der Waals surface area contributed by atoms with E-state index in [4.69, 9.17) is 0 Å². The van der Waals surface area contributed by atoms with Crippen LogP contribution in [0.4, 0.5) is 5.69 Å². The first-order valence-electron chi connectivity index (χ1n) is 12.5. The summed E-state index contributed by atoms with van der Waals surface area (Å²) in [5.41, 5.74) is 1.27. The summed E-state index contributed by atoms with van der Waals surface area (Å²) in [6.07, 6.45) is 8.69.